The van der Waals surface area contributed by atoms with Crippen molar-refractivity contribution in [2.24, 2.45) is 5.92 Å². The molecule has 6 nitrogen and oxygen atoms in total. The number of anilines is 1. The first-order valence-electron chi connectivity index (χ1n) is 12.3. The largest absolute Gasteiger partial charge is 0.329 e. The summed E-state index contributed by atoms with van der Waals surface area (Å²) in [6, 6.07) is 24.5. The van der Waals surface area contributed by atoms with Crippen molar-refractivity contribution in [2.75, 3.05) is 18.4 Å². The standard InChI is InChI=1S/C30H31ClN4O2/c1-20(2)18-34(30(37)24-11-13-25(31)14-12-24)19-29(36)32-28-17-26(23-8-6-5-7-9-23)33-35(28)27-15-10-21(3)16-22(27)4/h5-17,20H,18-19H2,1-4H3,(H,32,36). The van der Waals surface area contributed by atoms with Crippen LogP contribution in [0.2, 0.25) is 5.02 Å². The number of benzene rings is 3. The highest BCUT2D eigenvalue weighted by Gasteiger charge is 2.22. The number of nitrogens with one attached hydrogen (secondary N) is 1. The molecule has 4 rings (SSSR count). The molecule has 0 unspecified atom stereocenters. The maximum atomic E-state index is 13.3. The number of nitrogens with zero attached hydrogens (tertiary/aromatic N) is 3. The molecule has 0 fully saturated rings. The lowest BCUT2D eigenvalue weighted by atomic mass is 10.1. The van der Waals surface area contributed by atoms with Gasteiger partial charge in [0.15, 0.2) is 0 Å². The first-order valence-corrected chi connectivity index (χ1v) is 12.7. The maximum absolute atomic E-state index is 13.3. The van der Waals surface area contributed by atoms with Gasteiger partial charge in [-0.15, -0.1) is 0 Å². The number of aryl methyl sites for hydroxylation is 2. The molecule has 0 spiro atoms. The van der Waals surface area contributed by atoms with Gasteiger partial charge in [-0.3, -0.25) is 9.59 Å². The van der Waals surface area contributed by atoms with Crippen molar-refractivity contribution < 1.29 is 9.59 Å². The Labute approximate surface area is 222 Å². The molecule has 0 aliphatic carbocycles. The molecule has 7 heteroatoms. The minimum atomic E-state index is -0.298. The van der Waals surface area contributed by atoms with E-state index < -0.39 is 0 Å². The van der Waals surface area contributed by atoms with Crippen molar-refractivity contribution >= 4 is 29.2 Å². The molecule has 0 aliphatic heterocycles. The fraction of sp³-hybridized carbons (Fsp3) is 0.233. The number of amides is 2. The predicted molar refractivity (Wildman–Crippen MR) is 149 cm³/mol. The van der Waals surface area contributed by atoms with Crippen LogP contribution in [-0.2, 0) is 4.79 Å². The summed E-state index contributed by atoms with van der Waals surface area (Å²) in [6.07, 6.45) is 0. The summed E-state index contributed by atoms with van der Waals surface area (Å²) in [4.78, 5) is 28.1. The van der Waals surface area contributed by atoms with Crippen molar-refractivity contribution in [3.63, 3.8) is 0 Å². The topological polar surface area (TPSA) is 67.2 Å². The summed E-state index contributed by atoms with van der Waals surface area (Å²) in [5.74, 6) is 0.218. The second kappa shape index (κ2) is 11.4. The Kier molecular flexibility index (Phi) is 8.09. The summed E-state index contributed by atoms with van der Waals surface area (Å²) in [5.41, 5.74) is 5.24. The van der Waals surface area contributed by atoms with Crippen LogP contribution in [0.5, 0.6) is 0 Å². The molecular weight excluding hydrogens is 484 g/mol. The van der Waals surface area contributed by atoms with Gasteiger partial charge in [-0.2, -0.15) is 5.10 Å². The van der Waals surface area contributed by atoms with Gasteiger partial charge in [-0.05, 0) is 55.7 Å². The van der Waals surface area contributed by atoms with Gasteiger partial charge in [0.1, 0.15) is 12.4 Å². The van der Waals surface area contributed by atoms with Gasteiger partial charge in [-0.25, -0.2) is 4.68 Å². The monoisotopic (exact) mass is 514 g/mol. The third kappa shape index (κ3) is 6.46. The molecule has 0 aliphatic rings. The van der Waals surface area contributed by atoms with E-state index in [2.05, 4.69) is 11.4 Å². The van der Waals surface area contributed by atoms with Crippen molar-refractivity contribution in [3.8, 4) is 16.9 Å². The van der Waals surface area contributed by atoms with Crippen molar-refractivity contribution in [2.45, 2.75) is 27.7 Å². The molecule has 1 aromatic heterocycles. The van der Waals surface area contributed by atoms with E-state index in [9.17, 15) is 9.59 Å². The van der Waals surface area contributed by atoms with Crippen LogP contribution in [0.15, 0.2) is 78.9 Å². The number of hydrogen-bond donors (Lipinski definition) is 1. The number of carbonyl (C=O) groups is 2. The Morgan fingerprint density at radius 1 is 0.973 bits per heavy atom. The molecule has 2 amide bonds. The smallest absolute Gasteiger partial charge is 0.254 e. The second-order valence-electron chi connectivity index (χ2n) is 9.62. The van der Waals surface area contributed by atoms with Gasteiger partial charge < -0.3 is 10.2 Å². The third-order valence-corrected chi connectivity index (χ3v) is 6.18. The summed E-state index contributed by atoms with van der Waals surface area (Å²) in [7, 11) is 0. The zero-order chi connectivity index (χ0) is 26.5. The lowest BCUT2D eigenvalue weighted by Crippen LogP contribution is -2.40. The normalized spacial score (nSPS) is 11.0. The van der Waals surface area contributed by atoms with E-state index in [0.29, 0.717) is 22.9 Å². The van der Waals surface area contributed by atoms with Crippen LogP contribution in [0, 0.1) is 19.8 Å². The van der Waals surface area contributed by atoms with Crippen molar-refractivity contribution in [1.82, 2.24) is 14.7 Å². The number of aromatic nitrogens is 2. The van der Waals surface area contributed by atoms with Gasteiger partial charge in [-0.1, -0.05) is 73.5 Å². The van der Waals surface area contributed by atoms with Crippen molar-refractivity contribution in [3.05, 3.63) is 101 Å². The van der Waals surface area contributed by atoms with E-state index in [0.717, 1.165) is 28.1 Å². The number of carbonyl (C=O) groups excluding carboxylic acids is 2. The Morgan fingerprint density at radius 3 is 2.32 bits per heavy atom. The van der Waals surface area contributed by atoms with E-state index in [4.69, 9.17) is 16.7 Å². The van der Waals surface area contributed by atoms with Crippen molar-refractivity contribution in [1.29, 1.82) is 0 Å². The zero-order valence-corrected chi connectivity index (χ0v) is 22.3. The quantitative estimate of drug-likeness (QED) is 0.290. The lowest BCUT2D eigenvalue weighted by Gasteiger charge is -2.24. The minimum absolute atomic E-state index is 0.0850. The molecule has 1 heterocycles. The number of hydrogen-bond acceptors (Lipinski definition) is 3. The summed E-state index contributed by atoms with van der Waals surface area (Å²) in [6.45, 7) is 8.45. The summed E-state index contributed by atoms with van der Waals surface area (Å²) >= 11 is 5.99. The predicted octanol–water partition coefficient (Wildman–Crippen LogP) is 6.55. The number of halogens is 1. The van der Waals surface area contributed by atoms with E-state index in [1.807, 2.05) is 76.2 Å². The molecule has 190 valence electrons. The third-order valence-electron chi connectivity index (χ3n) is 5.93. The van der Waals surface area contributed by atoms with Gasteiger partial charge >= 0.3 is 0 Å². The Bertz CT molecular complexity index is 1400. The SMILES string of the molecule is Cc1ccc(-n2nc(-c3ccccc3)cc2NC(=O)CN(CC(C)C)C(=O)c2ccc(Cl)cc2)c(C)c1. The highest BCUT2D eigenvalue weighted by Crippen LogP contribution is 2.27. The summed E-state index contributed by atoms with van der Waals surface area (Å²) < 4.78 is 1.75. The molecule has 0 saturated heterocycles. The fourth-order valence-corrected chi connectivity index (χ4v) is 4.36. The average Bonchev–Trinajstić information content (AvgIpc) is 3.27. The van der Waals surface area contributed by atoms with E-state index >= 15 is 0 Å². The molecule has 1 N–H and O–H groups in total. The highest BCUT2D eigenvalue weighted by molar-refractivity contribution is 6.30. The molecule has 0 saturated carbocycles. The highest BCUT2D eigenvalue weighted by atomic mass is 35.5. The molecule has 0 atom stereocenters. The molecule has 0 radical (unpaired) electrons. The van der Waals surface area contributed by atoms with Gasteiger partial charge in [0.2, 0.25) is 5.91 Å². The Balaban J connectivity index is 1.63. The van der Waals surface area contributed by atoms with Crippen LogP contribution in [0.3, 0.4) is 0 Å². The van der Waals surface area contributed by atoms with Crippen LogP contribution in [-0.4, -0.2) is 39.6 Å². The lowest BCUT2D eigenvalue weighted by molar-refractivity contribution is -0.117. The molecular formula is C30H31ClN4O2. The van der Waals surface area contributed by atoms with Crippen LogP contribution in [0.25, 0.3) is 16.9 Å². The van der Waals surface area contributed by atoms with E-state index in [-0.39, 0.29) is 24.3 Å². The van der Waals surface area contributed by atoms with Crippen LogP contribution in [0.1, 0.15) is 35.3 Å². The van der Waals surface area contributed by atoms with E-state index in [1.165, 1.54) is 0 Å². The van der Waals surface area contributed by atoms with Crippen LogP contribution < -0.4 is 5.32 Å². The molecule has 3 aromatic carbocycles. The van der Waals surface area contributed by atoms with Gasteiger partial charge in [0.05, 0.1) is 11.4 Å². The van der Waals surface area contributed by atoms with Gasteiger partial charge in [0.25, 0.3) is 5.91 Å². The maximum Gasteiger partial charge on any atom is 0.254 e. The fourth-order valence-electron chi connectivity index (χ4n) is 4.24. The molecule has 37 heavy (non-hydrogen) atoms. The van der Waals surface area contributed by atoms with E-state index in [1.54, 1.807) is 33.8 Å². The van der Waals surface area contributed by atoms with Crippen LogP contribution in [0.4, 0.5) is 5.82 Å². The van der Waals surface area contributed by atoms with Gasteiger partial charge in [0, 0.05) is 28.8 Å². The first kappa shape index (κ1) is 26.2. The molecule has 0 bridgehead atoms. The average molecular weight is 515 g/mol. The summed E-state index contributed by atoms with van der Waals surface area (Å²) in [5, 5.41) is 8.38. The number of rotatable bonds is 8. The zero-order valence-electron chi connectivity index (χ0n) is 21.5. The Morgan fingerprint density at radius 2 is 1.68 bits per heavy atom. The minimum Gasteiger partial charge on any atom is -0.329 e. The second-order valence-corrected chi connectivity index (χ2v) is 10.1. The molecule has 4 aromatic rings. The Hall–Kier alpha value is -3.90. The first-order chi connectivity index (χ1) is 17.7. The van der Waals surface area contributed by atoms with Crippen LogP contribution >= 0.6 is 11.6 Å².